The van der Waals surface area contributed by atoms with Crippen molar-refractivity contribution in [1.29, 1.82) is 0 Å². The fourth-order valence-electron chi connectivity index (χ4n) is 2.94. The van der Waals surface area contributed by atoms with Crippen LogP contribution in [0.4, 0.5) is 0 Å². The van der Waals surface area contributed by atoms with Gasteiger partial charge in [0.2, 0.25) is 0 Å². The molecular weight excluding hydrogens is 416 g/mol. The minimum atomic E-state index is -3.77. The number of halogens is 1. The quantitative estimate of drug-likeness (QED) is 0.590. The first-order chi connectivity index (χ1) is 12.4. The van der Waals surface area contributed by atoms with Crippen LogP contribution in [0.5, 0.6) is 5.75 Å². The summed E-state index contributed by atoms with van der Waals surface area (Å²) >= 11 is 3.36. The summed E-state index contributed by atoms with van der Waals surface area (Å²) in [5.74, 6) is 0.536. The summed E-state index contributed by atoms with van der Waals surface area (Å²) in [4.78, 5) is 2.30. The number of ether oxygens (including phenoxy) is 1. The van der Waals surface area contributed by atoms with Crippen LogP contribution in [0.1, 0.15) is 5.56 Å². The van der Waals surface area contributed by atoms with Gasteiger partial charge in [0.05, 0.1) is 7.11 Å². The highest BCUT2D eigenvalue weighted by Gasteiger charge is 2.25. The molecule has 3 rings (SSSR count). The molecule has 138 valence electrons. The van der Waals surface area contributed by atoms with Crippen molar-refractivity contribution in [3.05, 3.63) is 58.7 Å². The van der Waals surface area contributed by atoms with Gasteiger partial charge in [-0.05, 0) is 60.2 Å². The van der Waals surface area contributed by atoms with Crippen molar-refractivity contribution in [3.8, 4) is 5.75 Å². The molecule has 1 aromatic heterocycles. The van der Waals surface area contributed by atoms with Crippen LogP contribution < -0.4 is 4.74 Å². The van der Waals surface area contributed by atoms with Crippen LogP contribution in [0.2, 0.25) is 0 Å². The van der Waals surface area contributed by atoms with Crippen LogP contribution in [-0.4, -0.2) is 45.0 Å². The smallest absolute Gasteiger partial charge is 0.269 e. The van der Waals surface area contributed by atoms with Crippen LogP contribution >= 0.6 is 15.9 Å². The second-order valence-corrected chi connectivity index (χ2v) is 8.93. The van der Waals surface area contributed by atoms with Crippen molar-refractivity contribution in [2.24, 2.45) is 0 Å². The van der Waals surface area contributed by atoms with E-state index in [-0.39, 0.29) is 4.90 Å². The Morgan fingerprint density at radius 2 is 1.85 bits per heavy atom. The Kier molecular flexibility index (Phi) is 5.41. The number of fused-ring (bicyclic) bond motifs is 1. The zero-order valence-electron chi connectivity index (χ0n) is 14.9. The molecule has 0 aliphatic rings. The highest BCUT2D eigenvalue weighted by molar-refractivity contribution is 9.10. The summed E-state index contributed by atoms with van der Waals surface area (Å²) in [6.07, 6.45) is 2.46. The Labute approximate surface area is 162 Å². The third-order valence-corrected chi connectivity index (χ3v) is 6.93. The van der Waals surface area contributed by atoms with Gasteiger partial charge in [0.25, 0.3) is 10.0 Å². The standard InChI is InChI=1S/C19H21BrN2O3S/c1-21(2)12-11-14-13-22(19-15(14)7-6-9-17(19)25-3)26(23,24)18-10-5-4-8-16(18)20/h4-10,13H,11-12H2,1-3H3. The third-order valence-electron chi connectivity index (χ3n) is 4.26. The van der Waals surface area contributed by atoms with Crippen LogP contribution in [0.3, 0.4) is 0 Å². The molecule has 0 spiro atoms. The first-order valence-electron chi connectivity index (χ1n) is 8.18. The molecule has 0 unspecified atom stereocenters. The lowest BCUT2D eigenvalue weighted by molar-refractivity contribution is 0.414. The SMILES string of the molecule is COc1cccc2c(CCN(C)C)cn(S(=O)(=O)c3ccccc3Br)c12. The lowest BCUT2D eigenvalue weighted by Crippen LogP contribution is -2.15. The van der Waals surface area contributed by atoms with E-state index in [1.165, 1.54) is 3.97 Å². The highest BCUT2D eigenvalue weighted by Crippen LogP contribution is 2.34. The van der Waals surface area contributed by atoms with Crippen molar-refractivity contribution >= 4 is 36.9 Å². The number of aromatic nitrogens is 1. The average molecular weight is 437 g/mol. The number of methoxy groups -OCH3 is 1. The molecule has 0 saturated heterocycles. The number of benzene rings is 2. The van der Waals surface area contributed by atoms with Crippen molar-refractivity contribution < 1.29 is 13.2 Å². The fourth-order valence-corrected chi connectivity index (χ4v) is 5.31. The van der Waals surface area contributed by atoms with E-state index in [2.05, 4.69) is 20.8 Å². The van der Waals surface area contributed by atoms with E-state index in [9.17, 15) is 8.42 Å². The molecule has 0 N–H and O–H groups in total. The number of likely N-dealkylation sites (N-methyl/N-ethyl adjacent to an activating group) is 1. The number of hydrogen-bond donors (Lipinski definition) is 0. The molecule has 2 aromatic carbocycles. The minimum absolute atomic E-state index is 0.224. The normalized spacial score (nSPS) is 12.0. The summed E-state index contributed by atoms with van der Waals surface area (Å²) in [5.41, 5.74) is 1.54. The molecule has 26 heavy (non-hydrogen) atoms. The van der Waals surface area contributed by atoms with E-state index < -0.39 is 10.0 Å². The predicted octanol–water partition coefficient (Wildman–Crippen LogP) is 3.75. The lowest BCUT2D eigenvalue weighted by atomic mass is 10.1. The van der Waals surface area contributed by atoms with Crippen LogP contribution in [-0.2, 0) is 16.4 Å². The number of rotatable bonds is 6. The van der Waals surface area contributed by atoms with Crippen LogP contribution in [0.25, 0.3) is 10.9 Å². The first-order valence-corrected chi connectivity index (χ1v) is 10.4. The van der Waals surface area contributed by atoms with E-state index in [1.807, 2.05) is 26.2 Å². The number of nitrogens with zero attached hydrogens (tertiary/aromatic N) is 2. The van der Waals surface area contributed by atoms with Gasteiger partial charge in [0.15, 0.2) is 0 Å². The van der Waals surface area contributed by atoms with E-state index in [4.69, 9.17) is 4.74 Å². The summed E-state index contributed by atoms with van der Waals surface area (Å²) in [6.45, 7) is 0.825. The molecule has 0 amide bonds. The third kappa shape index (κ3) is 3.39. The maximum atomic E-state index is 13.4. The van der Waals surface area contributed by atoms with Gasteiger partial charge < -0.3 is 9.64 Å². The summed E-state index contributed by atoms with van der Waals surface area (Å²) in [5, 5.41) is 0.891. The van der Waals surface area contributed by atoms with E-state index in [1.54, 1.807) is 43.6 Å². The van der Waals surface area contributed by atoms with Gasteiger partial charge in [-0.15, -0.1) is 0 Å². The molecule has 0 radical (unpaired) electrons. The maximum absolute atomic E-state index is 13.4. The van der Waals surface area contributed by atoms with Gasteiger partial charge >= 0.3 is 0 Å². The van der Waals surface area contributed by atoms with Crippen LogP contribution in [0.15, 0.2) is 58.0 Å². The maximum Gasteiger partial charge on any atom is 0.269 e. The molecule has 0 bridgehead atoms. The van der Waals surface area contributed by atoms with Gasteiger partial charge in [0, 0.05) is 22.6 Å². The van der Waals surface area contributed by atoms with E-state index in [0.29, 0.717) is 15.7 Å². The van der Waals surface area contributed by atoms with Crippen molar-refractivity contribution in [3.63, 3.8) is 0 Å². The Morgan fingerprint density at radius 1 is 1.12 bits per heavy atom. The summed E-state index contributed by atoms with van der Waals surface area (Å²) in [6, 6.07) is 12.4. The monoisotopic (exact) mass is 436 g/mol. The molecule has 0 saturated carbocycles. The average Bonchev–Trinajstić information content (AvgIpc) is 3.00. The van der Waals surface area contributed by atoms with Crippen molar-refractivity contribution in [1.82, 2.24) is 8.87 Å². The predicted molar refractivity (Wildman–Crippen MR) is 107 cm³/mol. The molecule has 1 heterocycles. The zero-order valence-corrected chi connectivity index (χ0v) is 17.3. The Balaban J connectivity index is 2.27. The second kappa shape index (κ2) is 7.42. The van der Waals surface area contributed by atoms with Crippen LogP contribution in [0, 0.1) is 0 Å². The molecule has 0 atom stereocenters. The molecular formula is C19H21BrN2O3S. The second-order valence-electron chi connectivity index (χ2n) is 6.30. The Hall–Kier alpha value is -1.83. The Morgan fingerprint density at radius 3 is 2.50 bits per heavy atom. The van der Waals surface area contributed by atoms with Crippen molar-refractivity contribution in [2.45, 2.75) is 11.3 Å². The van der Waals surface area contributed by atoms with Gasteiger partial charge in [-0.3, -0.25) is 0 Å². The van der Waals surface area contributed by atoms with Gasteiger partial charge in [0.1, 0.15) is 16.2 Å². The molecule has 0 fully saturated rings. The molecule has 5 nitrogen and oxygen atoms in total. The summed E-state index contributed by atoms with van der Waals surface area (Å²) < 4.78 is 34.0. The molecule has 3 aromatic rings. The topological polar surface area (TPSA) is 51.5 Å². The van der Waals surface area contributed by atoms with E-state index in [0.717, 1.165) is 23.9 Å². The van der Waals surface area contributed by atoms with Crippen molar-refractivity contribution in [2.75, 3.05) is 27.7 Å². The van der Waals surface area contributed by atoms with Gasteiger partial charge in [-0.2, -0.15) is 0 Å². The zero-order chi connectivity index (χ0) is 18.9. The Bertz CT molecular complexity index is 1040. The van der Waals surface area contributed by atoms with Gasteiger partial charge in [-0.25, -0.2) is 12.4 Å². The van der Waals surface area contributed by atoms with Gasteiger partial charge in [-0.1, -0.05) is 24.3 Å². The summed E-state index contributed by atoms with van der Waals surface area (Å²) in [7, 11) is 1.78. The minimum Gasteiger partial charge on any atom is -0.495 e. The molecule has 0 aliphatic heterocycles. The molecule has 7 heteroatoms. The lowest BCUT2D eigenvalue weighted by Gasteiger charge is -2.11. The van der Waals surface area contributed by atoms with E-state index >= 15 is 0 Å². The number of para-hydroxylation sites is 1. The molecule has 0 aliphatic carbocycles. The highest BCUT2D eigenvalue weighted by atomic mass is 79.9. The first kappa shape index (κ1) is 18.9. The largest absolute Gasteiger partial charge is 0.495 e. The fraction of sp³-hybridized carbons (Fsp3) is 0.263. The number of hydrogen-bond acceptors (Lipinski definition) is 4.